The summed E-state index contributed by atoms with van der Waals surface area (Å²) in [5.74, 6) is -0.699. The first-order valence-corrected chi connectivity index (χ1v) is 6.20. The van der Waals surface area contributed by atoms with Gasteiger partial charge in [-0.2, -0.15) is 11.8 Å². The summed E-state index contributed by atoms with van der Waals surface area (Å²) < 4.78 is 0. The van der Waals surface area contributed by atoms with Crippen molar-refractivity contribution in [3.05, 3.63) is 24.0 Å². The molecule has 1 aromatic heterocycles. The van der Waals surface area contributed by atoms with Gasteiger partial charge in [-0.3, -0.25) is 4.79 Å². The van der Waals surface area contributed by atoms with Crippen LogP contribution in [0.1, 0.15) is 16.9 Å². The molecule has 0 saturated heterocycles. The molecular weight excluding hydrogens is 228 g/mol. The van der Waals surface area contributed by atoms with Gasteiger partial charge in [0.1, 0.15) is 11.7 Å². The second kappa shape index (κ2) is 6.22. The van der Waals surface area contributed by atoms with E-state index in [4.69, 9.17) is 5.11 Å². The summed E-state index contributed by atoms with van der Waals surface area (Å²) in [6.07, 6.45) is 3.93. The lowest BCUT2D eigenvalue weighted by Crippen LogP contribution is -2.41. The lowest BCUT2D eigenvalue weighted by molar-refractivity contribution is -0.139. The van der Waals surface area contributed by atoms with Crippen molar-refractivity contribution < 1.29 is 14.7 Å². The minimum atomic E-state index is -1.01. The van der Waals surface area contributed by atoms with E-state index in [1.807, 2.05) is 6.26 Å². The molecule has 0 radical (unpaired) electrons. The Labute approximate surface area is 97.6 Å². The number of hydrogen-bond acceptors (Lipinski definition) is 3. The number of aromatic nitrogens is 1. The topological polar surface area (TPSA) is 82.2 Å². The minimum Gasteiger partial charge on any atom is -0.480 e. The Balaban J connectivity index is 2.54. The smallest absolute Gasteiger partial charge is 0.326 e. The molecule has 6 heteroatoms. The maximum atomic E-state index is 11.6. The number of rotatable bonds is 6. The second-order valence-electron chi connectivity index (χ2n) is 3.23. The molecule has 0 bridgehead atoms. The third-order valence-corrected chi connectivity index (χ3v) is 2.70. The third-order valence-electron chi connectivity index (χ3n) is 2.06. The van der Waals surface area contributed by atoms with Crippen LogP contribution in [0, 0.1) is 0 Å². The molecule has 1 heterocycles. The highest BCUT2D eigenvalue weighted by atomic mass is 32.2. The fourth-order valence-corrected chi connectivity index (χ4v) is 1.67. The Kier molecular flexibility index (Phi) is 4.91. The highest BCUT2D eigenvalue weighted by Gasteiger charge is 2.20. The van der Waals surface area contributed by atoms with Gasteiger partial charge in [-0.05, 0) is 30.6 Å². The SMILES string of the molecule is CSCC[C@H](NC(=O)c1ccc[nH]1)C(=O)O. The van der Waals surface area contributed by atoms with Gasteiger partial charge in [-0.25, -0.2) is 4.79 Å². The molecule has 88 valence electrons. The molecule has 0 saturated carbocycles. The number of carboxylic acid groups (broad SMARTS) is 1. The third kappa shape index (κ3) is 3.62. The van der Waals surface area contributed by atoms with Crippen molar-refractivity contribution in [2.45, 2.75) is 12.5 Å². The zero-order valence-corrected chi connectivity index (χ0v) is 9.71. The van der Waals surface area contributed by atoms with Gasteiger partial charge in [0.25, 0.3) is 5.91 Å². The van der Waals surface area contributed by atoms with Crippen LogP contribution in [-0.2, 0) is 4.79 Å². The summed E-state index contributed by atoms with van der Waals surface area (Å²) >= 11 is 1.55. The average Bonchev–Trinajstić information content (AvgIpc) is 2.76. The number of hydrogen-bond donors (Lipinski definition) is 3. The molecule has 0 spiro atoms. The number of carbonyl (C=O) groups excluding carboxylic acids is 1. The molecule has 5 nitrogen and oxygen atoms in total. The molecule has 1 atom stereocenters. The zero-order valence-electron chi connectivity index (χ0n) is 8.90. The standard InChI is InChI=1S/C10H14N2O3S/c1-16-6-4-8(10(14)15)12-9(13)7-3-2-5-11-7/h2-3,5,8,11H,4,6H2,1H3,(H,12,13)(H,14,15)/t8-/m0/s1. The lowest BCUT2D eigenvalue weighted by atomic mass is 10.2. The van der Waals surface area contributed by atoms with Crippen LogP contribution in [0.25, 0.3) is 0 Å². The first kappa shape index (κ1) is 12.6. The van der Waals surface area contributed by atoms with Crippen molar-refractivity contribution in [3.8, 4) is 0 Å². The first-order chi connectivity index (χ1) is 7.65. The number of amides is 1. The fraction of sp³-hybridized carbons (Fsp3) is 0.400. The minimum absolute atomic E-state index is 0.371. The summed E-state index contributed by atoms with van der Waals surface area (Å²) in [5.41, 5.74) is 0.371. The van der Waals surface area contributed by atoms with E-state index in [1.54, 1.807) is 30.1 Å². The van der Waals surface area contributed by atoms with Crippen molar-refractivity contribution in [1.29, 1.82) is 0 Å². The van der Waals surface area contributed by atoms with E-state index in [1.165, 1.54) is 0 Å². The Hall–Kier alpha value is -1.43. The number of carbonyl (C=O) groups is 2. The van der Waals surface area contributed by atoms with Gasteiger partial charge < -0.3 is 15.4 Å². The molecule has 0 aliphatic heterocycles. The maximum absolute atomic E-state index is 11.6. The summed E-state index contributed by atoms with van der Waals surface area (Å²) in [4.78, 5) is 25.2. The molecule has 0 aromatic carbocycles. The van der Waals surface area contributed by atoms with E-state index >= 15 is 0 Å². The van der Waals surface area contributed by atoms with E-state index < -0.39 is 17.9 Å². The second-order valence-corrected chi connectivity index (χ2v) is 4.22. The molecule has 1 amide bonds. The summed E-state index contributed by atoms with van der Waals surface area (Å²) in [6.45, 7) is 0. The molecular formula is C10H14N2O3S. The Morgan fingerprint density at radius 1 is 1.62 bits per heavy atom. The van der Waals surface area contributed by atoms with Crippen molar-refractivity contribution in [2.24, 2.45) is 0 Å². The molecule has 1 rings (SSSR count). The number of aromatic amines is 1. The highest BCUT2D eigenvalue weighted by molar-refractivity contribution is 7.98. The molecule has 0 aliphatic rings. The monoisotopic (exact) mass is 242 g/mol. The average molecular weight is 242 g/mol. The number of thioether (sulfide) groups is 1. The first-order valence-electron chi connectivity index (χ1n) is 4.81. The number of H-pyrrole nitrogens is 1. The van der Waals surface area contributed by atoms with E-state index in [9.17, 15) is 9.59 Å². The van der Waals surface area contributed by atoms with Gasteiger partial charge in [0.05, 0.1) is 0 Å². The van der Waals surface area contributed by atoms with E-state index in [0.29, 0.717) is 17.9 Å². The van der Waals surface area contributed by atoms with Crippen molar-refractivity contribution in [1.82, 2.24) is 10.3 Å². The Morgan fingerprint density at radius 2 is 2.38 bits per heavy atom. The van der Waals surface area contributed by atoms with E-state index in [2.05, 4.69) is 10.3 Å². The van der Waals surface area contributed by atoms with Crippen LogP contribution in [0.3, 0.4) is 0 Å². The van der Waals surface area contributed by atoms with Gasteiger partial charge in [0.15, 0.2) is 0 Å². The van der Waals surface area contributed by atoms with Crippen LogP contribution in [0.15, 0.2) is 18.3 Å². The molecule has 0 aliphatic carbocycles. The van der Waals surface area contributed by atoms with Crippen LogP contribution < -0.4 is 5.32 Å². The lowest BCUT2D eigenvalue weighted by Gasteiger charge is -2.13. The summed E-state index contributed by atoms with van der Waals surface area (Å²) in [5, 5.41) is 11.4. The molecule has 1 aromatic rings. The van der Waals surface area contributed by atoms with Crippen LogP contribution in [0.4, 0.5) is 0 Å². The van der Waals surface area contributed by atoms with E-state index in [0.717, 1.165) is 0 Å². The summed E-state index contributed by atoms with van der Waals surface area (Å²) in [6, 6.07) is 2.46. The molecule has 16 heavy (non-hydrogen) atoms. The summed E-state index contributed by atoms with van der Waals surface area (Å²) in [7, 11) is 0. The largest absolute Gasteiger partial charge is 0.480 e. The van der Waals surface area contributed by atoms with Gasteiger partial charge in [-0.15, -0.1) is 0 Å². The van der Waals surface area contributed by atoms with Crippen molar-refractivity contribution in [2.75, 3.05) is 12.0 Å². The fourth-order valence-electron chi connectivity index (χ4n) is 1.20. The zero-order chi connectivity index (χ0) is 12.0. The normalized spacial score (nSPS) is 12.1. The Bertz CT molecular complexity index is 351. The van der Waals surface area contributed by atoms with Gasteiger partial charge in [0.2, 0.25) is 0 Å². The van der Waals surface area contributed by atoms with Gasteiger partial charge >= 0.3 is 5.97 Å². The van der Waals surface area contributed by atoms with Crippen LogP contribution in [-0.4, -0.2) is 40.0 Å². The van der Waals surface area contributed by atoms with Crippen molar-refractivity contribution in [3.63, 3.8) is 0 Å². The number of aliphatic carboxylic acids is 1. The predicted molar refractivity (Wildman–Crippen MR) is 62.7 cm³/mol. The number of nitrogens with one attached hydrogen (secondary N) is 2. The highest BCUT2D eigenvalue weighted by Crippen LogP contribution is 2.02. The van der Waals surface area contributed by atoms with Crippen LogP contribution >= 0.6 is 11.8 Å². The van der Waals surface area contributed by atoms with E-state index in [-0.39, 0.29) is 0 Å². The van der Waals surface area contributed by atoms with Gasteiger partial charge in [0, 0.05) is 6.20 Å². The van der Waals surface area contributed by atoms with Crippen LogP contribution in [0.2, 0.25) is 0 Å². The van der Waals surface area contributed by atoms with Crippen LogP contribution in [0.5, 0.6) is 0 Å². The molecule has 3 N–H and O–H groups in total. The number of carboxylic acids is 1. The Morgan fingerprint density at radius 3 is 2.88 bits per heavy atom. The maximum Gasteiger partial charge on any atom is 0.326 e. The van der Waals surface area contributed by atoms with Gasteiger partial charge in [-0.1, -0.05) is 0 Å². The molecule has 0 fully saturated rings. The van der Waals surface area contributed by atoms with Crippen molar-refractivity contribution >= 4 is 23.6 Å². The quantitative estimate of drug-likeness (QED) is 0.693. The molecule has 0 unspecified atom stereocenters. The predicted octanol–water partition coefficient (Wildman–Crippen LogP) is 0.951.